The van der Waals surface area contributed by atoms with Gasteiger partial charge in [0.05, 0.1) is 5.60 Å². The van der Waals surface area contributed by atoms with Gasteiger partial charge in [-0.15, -0.1) is 0 Å². The zero-order valence-electron chi connectivity index (χ0n) is 11.9. The first-order chi connectivity index (χ1) is 7.97. The molecule has 1 aliphatic rings. The minimum atomic E-state index is -0.378. The molecule has 0 aromatic rings. The van der Waals surface area contributed by atoms with Gasteiger partial charge in [-0.2, -0.15) is 11.8 Å². The van der Waals surface area contributed by atoms with Crippen molar-refractivity contribution in [3.63, 3.8) is 0 Å². The first-order valence-electron chi connectivity index (χ1n) is 7.28. The third-order valence-corrected chi connectivity index (χ3v) is 5.39. The fourth-order valence-electron chi connectivity index (χ4n) is 2.91. The van der Waals surface area contributed by atoms with Gasteiger partial charge in [-0.3, -0.25) is 0 Å². The standard InChI is InChI=1S/C15H30OS/c1-4-5-6-7-8-9-10-15(16)11-14(2,3)12-17-13-15/h16H,4-13H2,1-3H3. The Morgan fingerprint density at radius 2 is 1.65 bits per heavy atom. The van der Waals surface area contributed by atoms with Crippen molar-refractivity contribution >= 4 is 11.8 Å². The van der Waals surface area contributed by atoms with Crippen LogP contribution in [0.1, 0.15) is 72.1 Å². The van der Waals surface area contributed by atoms with Crippen molar-refractivity contribution in [2.75, 3.05) is 11.5 Å². The minimum Gasteiger partial charge on any atom is -0.389 e. The summed E-state index contributed by atoms with van der Waals surface area (Å²) in [6, 6.07) is 0. The van der Waals surface area contributed by atoms with Crippen LogP contribution in [-0.4, -0.2) is 22.2 Å². The zero-order valence-corrected chi connectivity index (χ0v) is 12.7. The molecule has 1 unspecified atom stereocenters. The highest BCUT2D eigenvalue weighted by molar-refractivity contribution is 7.99. The van der Waals surface area contributed by atoms with Crippen LogP contribution >= 0.6 is 11.8 Å². The van der Waals surface area contributed by atoms with E-state index < -0.39 is 0 Å². The number of hydrogen-bond acceptors (Lipinski definition) is 2. The molecule has 0 aromatic carbocycles. The molecule has 1 atom stereocenters. The molecule has 0 radical (unpaired) electrons. The normalized spacial score (nSPS) is 28.2. The summed E-state index contributed by atoms with van der Waals surface area (Å²) < 4.78 is 0. The Morgan fingerprint density at radius 1 is 1.00 bits per heavy atom. The molecule has 0 aromatic heterocycles. The van der Waals surface area contributed by atoms with Crippen molar-refractivity contribution in [3.8, 4) is 0 Å². The maximum Gasteiger partial charge on any atom is 0.0743 e. The summed E-state index contributed by atoms with van der Waals surface area (Å²) in [6.07, 6.45) is 9.90. The predicted octanol–water partition coefficient (Wildman–Crippen LogP) is 4.63. The highest BCUT2D eigenvalue weighted by atomic mass is 32.2. The second-order valence-electron chi connectivity index (χ2n) is 6.58. The summed E-state index contributed by atoms with van der Waals surface area (Å²) in [5, 5.41) is 10.6. The lowest BCUT2D eigenvalue weighted by Crippen LogP contribution is -2.42. The molecule has 1 aliphatic heterocycles. The van der Waals surface area contributed by atoms with Gasteiger partial charge in [-0.1, -0.05) is 59.3 Å². The second kappa shape index (κ2) is 7.04. The predicted molar refractivity (Wildman–Crippen MR) is 78.7 cm³/mol. The summed E-state index contributed by atoms with van der Waals surface area (Å²) in [5.41, 5.74) is -0.0585. The maximum atomic E-state index is 10.6. The fourth-order valence-corrected chi connectivity index (χ4v) is 4.29. The topological polar surface area (TPSA) is 20.2 Å². The lowest BCUT2D eigenvalue weighted by molar-refractivity contribution is 0.00974. The van der Waals surface area contributed by atoms with Gasteiger partial charge in [-0.05, 0) is 24.0 Å². The summed E-state index contributed by atoms with van der Waals surface area (Å²) in [4.78, 5) is 0. The van der Waals surface area contributed by atoms with Gasteiger partial charge in [0.1, 0.15) is 0 Å². The molecular weight excluding hydrogens is 228 g/mol. The van der Waals surface area contributed by atoms with E-state index in [2.05, 4.69) is 20.8 Å². The molecule has 1 saturated heterocycles. The third-order valence-electron chi connectivity index (χ3n) is 3.67. The van der Waals surface area contributed by atoms with E-state index >= 15 is 0 Å². The first-order valence-corrected chi connectivity index (χ1v) is 8.43. The van der Waals surface area contributed by atoms with E-state index in [9.17, 15) is 5.11 Å². The molecule has 2 heteroatoms. The number of hydrogen-bond donors (Lipinski definition) is 1. The molecule has 0 amide bonds. The Hall–Kier alpha value is 0.310. The molecule has 17 heavy (non-hydrogen) atoms. The van der Waals surface area contributed by atoms with Crippen molar-refractivity contribution in [2.24, 2.45) is 5.41 Å². The smallest absolute Gasteiger partial charge is 0.0743 e. The minimum absolute atomic E-state index is 0.319. The van der Waals surface area contributed by atoms with Crippen LogP contribution in [-0.2, 0) is 0 Å². The molecule has 0 saturated carbocycles. The summed E-state index contributed by atoms with van der Waals surface area (Å²) in [6.45, 7) is 6.82. The molecule has 0 bridgehead atoms. The lowest BCUT2D eigenvalue weighted by Gasteiger charge is -2.41. The van der Waals surface area contributed by atoms with Crippen LogP contribution in [0.5, 0.6) is 0 Å². The van der Waals surface area contributed by atoms with E-state index in [0.717, 1.165) is 18.6 Å². The van der Waals surface area contributed by atoms with Crippen molar-refractivity contribution in [1.82, 2.24) is 0 Å². The molecule has 102 valence electrons. The molecule has 1 heterocycles. The first kappa shape index (κ1) is 15.4. The largest absolute Gasteiger partial charge is 0.389 e. The van der Waals surface area contributed by atoms with E-state index in [-0.39, 0.29) is 5.60 Å². The summed E-state index contributed by atoms with van der Waals surface area (Å²) in [5.74, 6) is 2.15. The SMILES string of the molecule is CCCCCCCCC1(O)CSCC(C)(C)C1. The van der Waals surface area contributed by atoms with Gasteiger partial charge in [0.25, 0.3) is 0 Å². The zero-order chi connectivity index (χ0) is 12.8. The van der Waals surface area contributed by atoms with E-state index in [4.69, 9.17) is 0 Å². The average Bonchev–Trinajstić information content (AvgIpc) is 2.21. The molecule has 1 rings (SSSR count). The maximum absolute atomic E-state index is 10.6. The average molecular weight is 258 g/mol. The number of rotatable bonds is 7. The van der Waals surface area contributed by atoms with E-state index in [1.807, 2.05) is 11.8 Å². The molecular formula is C15H30OS. The van der Waals surface area contributed by atoms with Crippen LogP contribution in [0.2, 0.25) is 0 Å². The quantitative estimate of drug-likeness (QED) is 0.672. The number of aliphatic hydroxyl groups is 1. The van der Waals surface area contributed by atoms with Crippen LogP contribution in [0.15, 0.2) is 0 Å². The highest BCUT2D eigenvalue weighted by Crippen LogP contribution is 2.41. The molecule has 0 aliphatic carbocycles. The van der Waals surface area contributed by atoms with E-state index in [1.165, 1.54) is 44.3 Å². The van der Waals surface area contributed by atoms with E-state index in [1.54, 1.807) is 0 Å². The Balaban J connectivity index is 2.16. The van der Waals surface area contributed by atoms with Crippen molar-refractivity contribution in [3.05, 3.63) is 0 Å². The van der Waals surface area contributed by atoms with Crippen molar-refractivity contribution in [1.29, 1.82) is 0 Å². The van der Waals surface area contributed by atoms with Crippen LogP contribution < -0.4 is 0 Å². The van der Waals surface area contributed by atoms with Crippen molar-refractivity contribution < 1.29 is 5.11 Å². The third kappa shape index (κ3) is 6.15. The number of unbranched alkanes of at least 4 members (excludes halogenated alkanes) is 5. The van der Waals surface area contributed by atoms with Gasteiger partial charge >= 0.3 is 0 Å². The Labute approximate surface area is 112 Å². The number of thioether (sulfide) groups is 1. The van der Waals surface area contributed by atoms with Gasteiger partial charge < -0.3 is 5.11 Å². The Bertz CT molecular complexity index is 215. The van der Waals surface area contributed by atoms with Crippen LogP contribution in [0.3, 0.4) is 0 Å². The molecule has 0 spiro atoms. The van der Waals surface area contributed by atoms with Crippen LogP contribution in [0.25, 0.3) is 0 Å². The van der Waals surface area contributed by atoms with Gasteiger partial charge in [0.2, 0.25) is 0 Å². The summed E-state index contributed by atoms with van der Waals surface area (Å²) >= 11 is 1.93. The molecule has 1 fully saturated rings. The molecule has 1 nitrogen and oxygen atoms in total. The van der Waals surface area contributed by atoms with Gasteiger partial charge in [-0.25, -0.2) is 0 Å². The second-order valence-corrected chi connectivity index (χ2v) is 7.56. The molecule has 1 N–H and O–H groups in total. The Morgan fingerprint density at radius 3 is 2.29 bits per heavy atom. The monoisotopic (exact) mass is 258 g/mol. The summed E-state index contributed by atoms with van der Waals surface area (Å²) in [7, 11) is 0. The van der Waals surface area contributed by atoms with E-state index in [0.29, 0.717) is 5.41 Å². The van der Waals surface area contributed by atoms with Crippen LogP contribution in [0, 0.1) is 5.41 Å². The Kier molecular flexibility index (Phi) is 6.36. The van der Waals surface area contributed by atoms with Gasteiger partial charge in [0, 0.05) is 5.75 Å². The highest BCUT2D eigenvalue weighted by Gasteiger charge is 2.38. The van der Waals surface area contributed by atoms with Gasteiger partial charge in [0.15, 0.2) is 0 Å². The lowest BCUT2D eigenvalue weighted by atomic mass is 9.79. The fraction of sp³-hybridized carbons (Fsp3) is 1.00. The van der Waals surface area contributed by atoms with Crippen LogP contribution in [0.4, 0.5) is 0 Å². The van der Waals surface area contributed by atoms with Crippen molar-refractivity contribution in [2.45, 2.75) is 77.7 Å².